The zero-order chi connectivity index (χ0) is 18.2. The fourth-order valence-electron chi connectivity index (χ4n) is 2.67. The zero-order valence-corrected chi connectivity index (χ0v) is 14.9. The van der Waals surface area contributed by atoms with Crippen molar-refractivity contribution in [2.45, 2.75) is 26.5 Å². The van der Waals surface area contributed by atoms with Crippen LogP contribution in [-0.2, 0) is 19.6 Å². The van der Waals surface area contributed by atoms with Crippen molar-refractivity contribution >= 4 is 5.91 Å². The van der Waals surface area contributed by atoms with Gasteiger partial charge in [0.2, 0.25) is 0 Å². The molecule has 0 heterocycles. The topological polar surface area (TPSA) is 38.3 Å². The summed E-state index contributed by atoms with van der Waals surface area (Å²) in [4.78, 5) is 12.4. The number of carbonyl (C=O) groups excluding carboxylic acids is 1. The van der Waals surface area contributed by atoms with Crippen molar-refractivity contribution in [3.8, 4) is 5.75 Å². The summed E-state index contributed by atoms with van der Waals surface area (Å²) in [5, 5.41) is 2.95. The molecular weight excluding hydrogens is 322 g/mol. The van der Waals surface area contributed by atoms with Gasteiger partial charge >= 0.3 is 0 Å². The molecule has 0 bridgehead atoms. The Morgan fingerprint density at radius 2 is 1.58 bits per heavy atom. The standard InChI is InChI=1S/C23H23NO2/c1-2-18-11-13-22(14-12-18)26-17-20-9-6-10-21(15-20)23(25)24-16-19-7-4-3-5-8-19/h3-15H,2,16-17H2,1H3,(H,24,25). The van der Waals surface area contributed by atoms with E-state index in [1.807, 2.05) is 66.7 Å². The highest BCUT2D eigenvalue weighted by atomic mass is 16.5. The smallest absolute Gasteiger partial charge is 0.251 e. The van der Waals surface area contributed by atoms with Crippen molar-refractivity contribution in [2.24, 2.45) is 0 Å². The Labute approximate surface area is 154 Å². The van der Waals surface area contributed by atoms with Crippen LogP contribution in [0.4, 0.5) is 0 Å². The lowest BCUT2D eigenvalue weighted by Crippen LogP contribution is -2.22. The van der Waals surface area contributed by atoms with Gasteiger partial charge in [0.25, 0.3) is 5.91 Å². The van der Waals surface area contributed by atoms with Crippen LogP contribution >= 0.6 is 0 Å². The summed E-state index contributed by atoms with van der Waals surface area (Å²) in [6, 6.07) is 25.5. The second-order valence-electron chi connectivity index (χ2n) is 6.15. The van der Waals surface area contributed by atoms with E-state index in [9.17, 15) is 4.79 Å². The molecule has 3 aromatic rings. The van der Waals surface area contributed by atoms with E-state index in [0.717, 1.165) is 23.3 Å². The molecule has 3 nitrogen and oxygen atoms in total. The number of benzene rings is 3. The van der Waals surface area contributed by atoms with E-state index >= 15 is 0 Å². The Morgan fingerprint density at radius 1 is 0.846 bits per heavy atom. The lowest BCUT2D eigenvalue weighted by atomic mass is 10.1. The van der Waals surface area contributed by atoms with Crippen molar-refractivity contribution < 1.29 is 9.53 Å². The van der Waals surface area contributed by atoms with Gasteiger partial charge in [-0.05, 0) is 47.4 Å². The van der Waals surface area contributed by atoms with Crippen LogP contribution in [0.5, 0.6) is 5.75 Å². The summed E-state index contributed by atoms with van der Waals surface area (Å²) in [5.41, 5.74) is 3.98. The van der Waals surface area contributed by atoms with Gasteiger partial charge in [-0.1, -0.05) is 61.5 Å². The van der Waals surface area contributed by atoms with Gasteiger partial charge in [0.1, 0.15) is 12.4 Å². The highest BCUT2D eigenvalue weighted by molar-refractivity contribution is 5.94. The summed E-state index contributed by atoms with van der Waals surface area (Å²) in [6.45, 7) is 3.08. The molecule has 26 heavy (non-hydrogen) atoms. The third-order valence-electron chi connectivity index (χ3n) is 4.22. The van der Waals surface area contributed by atoms with Crippen LogP contribution in [0.25, 0.3) is 0 Å². The highest BCUT2D eigenvalue weighted by Crippen LogP contribution is 2.15. The summed E-state index contributed by atoms with van der Waals surface area (Å²) >= 11 is 0. The Morgan fingerprint density at radius 3 is 2.31 bits per heavy atom. The average Bonchev–Trinajstić information content (AvgIpc) is 2.72. The van der Waals surface area contributed by atoms with Gasteiger partial charge in [0, 0.05) is 12.1 Å². The van der Waals surface area contributed by atoms with Crippen molar-refractivity contribution in [2.75, 3.05) is 0 Å². The van der Waals surface area contributed by atoms with Gasteiger partial charge in [0.05, 0.1) is 0 Å². The molecule has 0 aliphatic carbocycles. The van der Waals surface area contributed by atoms with Crippen molar-refractivity contribution in [1.82, 2.24) is 5.32 Å². The molecule has 1 N–H and O–H groups in total. The molecule has 0 unspecified atom stereocenters. The summed E-state index contributed by atoms with van der Waals surface area (Å²) in [5.74, 6) is 0.754. The van der Waals surface area contributed by atoms with Gasteiger partial charge in [-0.15, -0.1) is 0 Å². The maximum Gasteiger partial charge on any atom is 0.251 e. The lowest BCUT2D eigenvalue weighted by molar-refractivity contribution is 0.0950. The Balaban J connectivity index is 1.57. The molecule has 0 saturated carbocycles. The molecule has 0 atom stereocenters. The van der Waals surface area contributed by atoms with Crippen molar-refractivity contribution in [3.63, 3.8) is 0 Å². The first-order chi connectivity index (χ1) is 12.7. The molecule has 0 aromatic heterocycles. The Hall–Kier alpha value is -3.07. The predicted octanol–water partition coefficient (Wildman–Crippen LogP) is 4.76. The quantitative estimate of drug-likeness (QED) is 0.670. The van der Waals surface area contributed by atoms with Gasteiger partial charge in [-0.3, -0.25) is 4.79 Å². The SMILES string of the molecule is CCc1ccc(OCc2cccc(C(=O)NCc3ccccc3)c2)cc1. The molecule has 1 amide bonds. The third-order valence-corrected chi connectivity index (χ3v) is 4.22. The number of aryl methyl sites for hydroxylation is 1. The Bertz CT molecular complexity index is 842. The fourth-order valence-corrected chi connectivity index (χ4v) is 2.67. The van der Waals surface area contributed by atoms with Crippen LogP contribution < -0.4 is 10.1 Å². The van der Waals surface area contributed by atoms with E-state index in [4.69, 9.17) is 4.74 Å². The molecule has 3 aromatic carbocycles. The molecule has 0 radical (unpaired) electrons. The maximum atomic E-state index is 12.4. The zero-order valence-electron chi connectivity index (χ0n) is 14.9. The number of amides is 1. The minimum absolute atomic E-state index is 0.0806. The van der Waals surface area contributed by atoms with Crippen LogP contribution in [0.1, 0.15) is 34.0 Å². The van der Waals surface area contributed by atoms with Crippen LogP contribution in [0.2, 0.25) is 0 Å². The first-order valence-corrected chi connectivity index (χ1v) is 8.87. The molecule has 0 aliphatic rings. The molecular formula is C23H23NO2. The summed E-state index contributed by atoms with van der Waals surface area (Å²) < 4.78 is 5.82. The van der Waals surface area contributed by atoms with Crippen molar-refractivity contribution in [1.29, 1.82) is 0 Å². The summed E-state index contributed by atoms with van der Waals surface area (Å²) in [6.07, 6.45) is 1.01. The molecule has 3 rings (SSSR count). The largest absolute Gasteiger partial charge is 0.489 e. The minimum atomic E-state index is -0.0806. The first kappa shape index (κ1) is 17.7. The van der Waals surface area contributed by atoms with Crippen LogP contribution in [0, 0.1) is 0 Å². The van der Waals surface area contributed by atoms with Gasteiger partial charge < -0.3 is 10.1 Å². The average molecular weight is 345 g/mol. The van der Waals surface area contributed by atoms with E-state index in [2.05, 4.69) is 24.4 Å². The molecule has 0 aliphatic heterocycles. The predicted molar refractivity (Wildman–Crippen MR) is 104 cm³/mol. The van der Waals surface area contributed by atoms with E-state index < -0.39 is 0 Å². The Kier molecular flexibility index (Phi) is 6.05. The maximum absolute atomic E-state index is 12.4. The molecule has 132 valence electrons. The van der Waals surface area contributed by atoms with Gasteiger partial charge in [0.15, 0.2) is 0 Å². The van der Waals surface area contributed by atoms with Gasteiger partial charge in [-0.2, -0.15) is 0 Å². The molecule has 0 fully saturated rings. The molecule has 0 spiro atoms. The number of rotatable bonds is 7. The molecule has 0 saturated heterocycles. The number of hydrogen-bond acceptors (Lipinski definition) is 2. The lowest BCUT2D eigenvalue weighted by Gasteiger charge is -2.09. The number of ether oxygens (including phenoxy) is 1. The van der Waals surface area contributed by atoms with E-state index in [0.29, 0.717) is 18.7 Å². The second kappa shape index (κ2) is 8.86. The van der Waals surface area contributed by atoms with E-state index in [-0.39, 0.29) is 5.91 Å². The van der Waals surface area contributed by atoms with Crippen molar-refractivity contribution in [3.05, 3.63) is 101 Å². The normalized spacial score (nSPS) is 10.3. The first-order valence-electron chi connectivity index (χ1n) is 8.87. The van der Waals surface area contributed by atoms with Crippen LogP contribution in [0.15, 0.2) is 78.9 Å². The third kappa shape index (κ3) is 4.96. The van der Waals surface area contributed by atoms with E-state index in [1.165, 1.54) is 5.56 Å². The van der Waals surface area contributed by atoms with Crippen LogP contribution in [0.3, 0.4) is 0 Å². The summed E-state index contributed by atoms with van der Waals surface area (Å²) in [7, 11) is 0. The van der Waals surface area contributed by atoms with Crippen LogP contribution in [-0.4, -0.2) is 5.91 Å². The second-order valence-corrected chi connectivity index (χ2v) is 6.15. The van der Waals surface area contributed by atoms with Gasteiger partial charge in [-0.25, -0.2) is 0 Å². The minimum Gasteiger partial charge on any atom is -0.489 e. The highest BCUT2D eigenvalue weighted by Gasteiger charge is 2.06. The monoisotopic (exact) mass is 345 g/mol. The number of carbonyl (C=O) groups is 1. The van der Waals surface area contributed by atoms with E-state index in [1.54, 1.807) is 0 Å². The number of hydrogen-bond donors (Lipinski definition) is 1. The number of nitrogens with one attached hydrogen (secondary N) is 1. The fraction of sp³-hybridized carbons (Fsp3) is 0.174. The molecule has 3 heteroatoms.